The first-order chi connectivity index (χ1) is 9.90. The predicted molar refractivity (Wildman–Crippen MR) is 87.6 cm³/mol. The molecule has 0 saturated carbocycles. The first-order valence-corrected chi connectivity index (χ1v) is 8.27. The van der Waals surface area contributed by atoms with E-state index in [-0.39, 0.29) is 5.78 Å². The Morgan fingerprint density at radius 2 is 1.67 bits per heavy atom. The number of rotatable bonds is 4. The molecule has 2 rings (SSSR count). The van der Waals surface area contributed by atoms with Crippen molar-refractivity contribution in [2.45, 2.75) is 30.9 Å². The molecule has 2 aromatic rings. The summed E-state index contributed by atoms with van der Waals surface area (Å²) >= 11 is 5.82. The molecule has 2 aromatic carbocycles. The Morgan fingerprint density at radius 3 is 2.24 bits per heavy atom. The second-order valence-electron chi connectivity index (χ2n) is 5.06. The Kier molecular flexibility index (Phi) is 4.96. The maximum atomic E-state index is 12.6. The van der Waals surface area contributed by atoms with E-state index in [0.717, 1.165) is 11.1 Å². The molecule has 110 valence electrons. The van der Waals surface area contributed by atoms with Gasteiger partial charge in [0.05, 0.1) is 16.0 Å². The van der Waals surface area contributed by atoms with E-state index in [0.29, 0.717) is 15.5 Å². The van der Waals surface area contributed by atoms with Gasteiger partial charge in [-0.2, -0.15) is 0 Å². The van der Waals surface area contributed by atoms with Gasteiger partial charge >= 0.3 is 0 Å². The number of hydrogen-bond acceptors (Lipinski definition) is 2. The summed E-state index contributed by atoms with van der Waals surface area (Å²) in [7, 11) is -1.37. The molecule has 0 amide bonds. The van der Waals surface area contributed by atoms with Crippen molar-refractivity contribution in [3.05, 3.63) is 64.2 Å². The molecular formula is C17H17ClO2S. The van der Waals surface area contributed by atoms with Crippen LogP contribution in [-0.2, 0) is 10.8 Å². The molecule has 2 unspecified atom stereocenters. The van der Waals surface area contributed by atoms with Crippen LogP contribution in [0.4, 0.5) is 0 Å². The lowest BCUT2D eigenvalue weighted by Crippen LogP contribution is -2.22. The van der Waals surface area contributed by atoms with Crippen LogP contribution in [0.5, 0.6) is 0 Å². The van der Waals surface area contributed by atoms with Crippen LogP contribution in [0, 0.1) is 13.8 Å². The molecule has 0 aromatic heterocycles. The van der Waals surface area contributed by atoms with Crippen LogP contribution in [0.2, 0.25) is 5.02 Å². The van der Waals surface area contributed by atoms with Crippen LogP contribution in [0.3, 0.4) is 0 Å². The van der Waals surface area contributed by atoms with Crippen LogP contribution in [-0.4, -0.2) is 15.2 Å². The van der Waals surface area contributed by atoms with E-state index in [4.69, 9.17) is 11.6 Å². The number of aryl methyl sites for hydroxylation is 2. The lowest BCUT2D eigenvalue weighted by atomic mass is 10.1. The summed E-state index contributed by atoms with van der Waals surface area (Å²) in [6.45, 7) is 5.67. The summed E-state index contributed by atoms with van der Waals surface area (Å²) in [5.74, 6) is -0.136. The molecule has 0 saturated heterocycles. The Bertz CT molecular complexity index is 692. The molecule has 0 fully saturated rings. The minimum atomic E-state index is -1.37. The molecule has 0 bridgehead atoms. The number of halogens is 1. The number of carbonyl (C=O) groups is 1. The third-order valence-corrected chi connectivity index (χ3v) is 5.36. The van der Waals surface area contributed by atoms with Gasteiger partial charge in [-0.1, -0.05) is 17.7 Å². The lowest BCUT2D eigenvalue weighted by molar-refractivity contribution is 0.0992. The first kappa shape index (κ1) is 15.9. The highest BCUT2D eigenvalue weighted by atomic mass is 35.5. The van der Waals surface area contributed by atoms with Gasteiger partial charge in [0, 0.05) is 15.5 Å². The van der Waals surface area contributed by atoms with Crippen LogP contribution >= 0.6 is 11.6 Å². The Hall–Kier alpha value is -1.45. The average Bonchev–Trinajstić information content (AvgIpc) is 2.48. The minimum absolute atomic E-state index is 0.136. The van der Waals surface area contributed by atoms with Gasteiger partial charge in [-0.05, 0) is 68.3 Å². The molecule has 2 atom stereocenters. The summed E-state index contributed by atoms with van der Waals surface area (Å²) in [5.41, 5.74) is 2.75. The number of carbonyl (C=O) groups excluding carboxylic acids is 1. The zero-order chi connectivity index (χ0) is 15.6. The third kappa shape index (κ3) is 3.60. The summed E-state index contributed by atoms with van der Waals surface area (Å²) < 4.78 is 12.6. The van der Waals surface area contributed by atoms with Crippen molar-refractivity contribution in [2.75, 3.05) is 0 Å². The normalized spacial score (nSPS) is 13.7. The Morgan fingerprint density at radius 1 is 1.05 bits per heavy atom. The molecule has 0 aliphatic carbocycles. The monoisotopic (exact) mass is 320 g/mol. The van der Waals surface area contributed by atoms with Crippen molar-refractivity contribution in [2.24, 2.45) is 0 Å². The lowest BCUT2D eigenvalue weighted by Gasteiger charge is -2.12. The Balaban J connectivity index is 2.24. The highest BCUT2D eigenvalue weighted by Gasteiger charge is 2.22. The third-order valence-electron chi connectivity index (χ3n) is 3.53. The van der Waals surface area contributed by atoms with E-state index in [1.165, 1.54) is 0 Å². The van der Waals surface area contributed by atoms with Crippen molar-refractivity contribution in [3.63, 3.8) is 0 Å². The number of hydrogen-bond donors (Lipinski definition) is 0. The fraction of sp³-hybridized carbons (Fsp3) is 0.235. The molecular weight excluding hydrogens is 304 g/mol. The van der Waals surface area contributed by atoms with Crippen LogP contribution in [0.15, 0.2) is 47.4 Å². The van der Waals surface area contributed by atoms with Crippen LogP contribution in [0.25, 0.3) is 0 Å². The van der Waals surface area contributed by atoms with Gasteiger partial charge in [0.1, 0.15) is 0 Å². The van der Waals surface area contributed by atoms with Crippen LogP contribution in [0.1, 0.15) is 28.4 Å². The predicted octanol–water partition coefficient (Wildman–Crippen LogP) is 4.34. The number of ketones is 1. The highest BCUT2D eigenvalue weighted by Crippen LogP contribution is 2.19. The van der Waals surface area contributed by atoms with Crippen molar-refractivity contribution < 1.29 is 9.00 Å². The van der Waals surface area contributed by atoms with Crippen LogP contribution < -0.4 is 0 Å². The molecule has 2 nitrogen and oxygen atoms in total. The van der Waals surface area contributed by atoms with Gasteiger partial charge < -0.3 is 0 Å². The van der Waals surface area contributed by atoms with Gasteiger partial charge in [0.2, 0.25) is 0 Å². The van der Waals surface area contributed by atoms with Gasteiger partial charge in [0.15, 0.2) is 5.78 Å². The fourth-order valence-corrected chi connectivity index (χ4v) is 3.35. The molecule has 0 heterocycles. The Labute approximate surface area is 132 Å². The maximum Gasteiger partial charge on any atom is 0.178 e. The maximum absolute atomic E-state index is 12.6. The molecule has 4 heteroatoms. The largest absolute Gasteiger partial charge is 0.293 e. The topological polar surface area (TPSA) is 34.1 Å². The summed E-state index contributed by atoms with van der Waals surface area (Å²) in [6.07, 6.45) is 0. The van der Waals surface area contributed by atoms with E-state index in [1.54, 1.807) is 31.2 Å². The molecule has 0 radical (unpaired) electrons. The molecule has 0 N–H and O–H groups in total. The summed E-state index contributed by atoms with van der Waals surface area (Å²) in [6, 6.07) is 12.3. The van der Waals surface area contributed by atoms with Gasteiger partial charge in [-0.3, -0.25) is 9.00 Å². The molecule has 0 spiro atoms. The second-order valence-corrected chi connectivity index (χ2v) is 7.27. The first-order valence-electron chi connectivity index (χ1n) is 6.68. The zero-order valence-corrected chi connectivity index (χ0v) is 13.8. The number of benzene rings is 2. The highest BCUT2D eigenvalue weighted by molar-refractivity contribution is 7.86. The summed E-state index contributed by atoms with van der Waals surface area (Å²) in [5, 5.41) is -0.0113. The second kappa shape index (κ2) is 6.54. The van der Waals surface area contributed by atoms with Gasteiger partial charge in [0.25, 0.3) is 0 Å². The SMILES string of the molecule is Cc1ccc(S(=O)C(C)C(=O)c2ccc(Cl)cc2)cc1C. The van der Waals surface area contributed by atoms with Gasteiger partial charge in [-0.15, -0.1) is 0 Å². The zero-order valence-electron chi connectivity index (χ0n) is 12.2. The minimum Gasteiger partial charge on any atom is -0.293 e. The van der Waals surface area contributed by atoms with Crippen molar-refractivity contribution in [3.8, 4) is 0 Å². The molecule has 21 heavy (non-hydrogen) atoms. The smallest absolute Gasteiger partial charge is 0.178 e. The van der Waals surface area contributed by atoms with E-state index < -0.39 is 16.0 Å². The van der Waals surface area contributed by atoms with E-state index in [1.807, 2.05) is 32.0 Å². The summed E-state index contributed by atoms with van der Waals surface area (Å²) in [4.78, 5) is 13.1. The van der Waals surface area contributed by atoms with Crippen molar-refractivity contribution in [1.82, 2.24) is 0 Å². The van der Waals surface area contributed by atoms with E-state index >= 15 is 0 Å². The van der Waals surface area contributed by atoms with Crippen molar-refractivity contribution in [1.29, 1.82) is 0 Å². The molecule has 0 aliphatic rings. The standard InChI is InChI=1S/C17H17ClO2S/c1-11-4-9-16(10-12(11)2)21(20)13(3)17(19)14-5-7-15(18)8-6-14/h4-10,13H,1-3H3. The quantitative estimate of drug-likeness (QED) is 0.785. The van der Waals surface area contributed by atoms with E-state index in [2.05, 4.69) is 0 Å². The number of Topliss-reactive ketones (excluding diaryl/α,β-unsaturated/α-hetero) is 1. The van der Waals surface area contributed by atoms with E-state index in [9.17, 15) is 9.00 Å². The van der Waals surface area contributed by atoms with Gasteiger partial charge in [-0.25, -0.2) is 0 Å². The molecule has 0 aliphatic heterocycles. The fourth-order valence-electron chi connectivity index (χ4n) is 1.99. The average molecular weight is 321 g/mol. The van der Waals surface area contributed by atoms with Crippen molar-refractivity contribution >= 4 is 28.2 Å².